The van der Waals surface area contributed by atoms with Crippen molar-refractivity contribution in [2.75, 3.05) is 19.6 Å². The van der Waals surface area contributed by atoms with Crippen LogP contribution in [0.1, 0.15) is 5.56 Å². The van der Waals surface area contributed by atoms with E-state index in [1.54, 1.807) is 0 Å². The average molecular weight is 215 g/mol. The van der Waals surface area contributed by atoms with E-state index in [4.69, 9.17) is 0 Å². The first kappa shape index (κ1) is 9.70. The van der Waals surface area contributed by atoms with Crippen molar-refractivity contribution >= 4 is 10.2 Å². The maximum atomic E-state index is 11.3. The summed E-state index contributed by atoms with van der Waals surface area (Å²) in [7, 11) is -3.17. The third kappa shape index (κ3) is 2.34. The van der Waals surface area contributed by atoms with Crippen molar-refractivity contribution in [2.24, 2.45) is 0 Å². The fourth-order valence-electron chi connectivity index (χ4n) is 1.21. The molecule has 0 spiro atoms. The summed E-state index contributed by atoms with van der Waals surface area (Å²) < 4.78 is 26.6. The van der Waals surface area contributed by atoms with Crippen molar-refractivity contribution in [3.63, 3.8) is 0 Å². The molecule has 78 valence electrons. The van der Waals surface area contributed by atoms with E-state index in [1.807, 2.05) is 18.5 Å². The Morgan fingerprint density at radius 3 is 2.86 bits per heavy atom. The summed E-state index contributed by atoms with van der Waals surface area (Å²) in [5, 5.41) is 0. The number of hydrogen-bond acceptors (Lipinski definition) is 2. The van der Waals surface area contributed by atoms with Crippen LogP contribution in [0.25, 0.3) is 0 Å². The van der Waals surface area contributed by atoms with Gasteiger partial charge in [0.2, 0.25) is 0 Å². The smallest absolute Gasteiger partial charge is 0.279 e. The minimum atomic E-state index is -3.17. The molecule has 1 saturated heterocycles. The summed E-state index contributed by atoms with van der Waals surface area (Å²) in [4.78, 5) is 2.92. The second kappa shape index (κ2) is 3.72. The molecule has 0 radical (unpaired) electrons. The van der Waals surface area contributed by atoms with Gasteiger partial charge in [0, 0.05) is 32.0 Å². The molecule has 0 aromatic carbocycles. The second-order valence-electron chi connectivity index (χ2n) is 3.27. The van der Waals surface area contributed by atoms with Crippen molar-refractivity contribution < 1.29 is 8.42 Å². The van der Waals surface area contributed by atoms with Crippen LogP contribution >= 0.6 is 0 Å². The lowest BCUT2D eigenvalue weighted by molar-refractivity contribution is 0.547. The van der Waals surface area contributed by atoms with Gasteiger partial charge < -0.3 is 4.98 Å². The first-order chi connectivity index (χ1) is 6.68. The van der Waals surface area contributed by atoms with Crippen LogP contribution in [-0.2, 0) is 16.6 Å². The van der Waals surface area contributed by atoms with Crippen LogP contribution in [0.3, 0.4) is 0 Å². The van der Waals surface area contributed by atoms with Crippen LogP contribution < -0.4 is 4.72 Å². The van der Waals surface area contributed by atoms with E-state index in [0.29, 0.717) is 19.6 Å². The summed E-state index contributed by atoms with van der Waals surface area (Å²) in [6.45, 7) is 1.76. The predicted molar refractivity (Wildman–Crippen MR) is 53.0 cm³/mol. The number of H-pyrrole nitrogens is 1. The van der Waals surface area contributed by atoms with Gasteiger partial charge in [0.15, 0.2) is 0 Å². The van der Waals surface area contributed by atoms with Crippen LogP contribution in [0, 0.1) is 0 Å². The zero-order chi connectivity index (χ0) is 10.0. The van der Waals surface area contributed by atoms with Gasteiger partial charge in [-0.05, 0) is 18.1 Å². The molecule has 2 heterocycles. The van der Waals surface area contributed by atoms with Gasteiger partial charge in [0.1, 0.15) is 0 Å². The van der Waals surface area contributed by atoms with E-state index in [9.17, 15) is 8.42 Å². The topological polar surface area (TPSA) is 65.0 Å². The molecule has 1 fully saturated rings. The lowest BCUT2D eigenvalue weighted by Gasteiger charge is -2.04. The molecule has 5 nitrogen and oxygen atoms in total. The second-order valence-corrected chi connectivity index (χ2v) is 5.02. The standard InChI is InChI=1S/C8H13N3O2S/c12-14(13,11-5-6-11)10-4-2-8-1-3-9-7-8/h1,3,7,9-10H,2,4-6H2. The van der Waals surface area contributed by atoms with Crippen LogP contribution in [0.5, 0.6) is 0 Å². The molecular weight excluding hydrogens is 202 g/mol. The minimum Gasteiger partial charge on any atom is -0.367 e. The van der Waals surface area contributed by atoms with Crippen LogP contribution in [-0.4, -0.2) is 37.3 Å². The highest BCUT2D eigenvalue weighted by Crippen LogP contribution is 2.09. The molecule has 0 atom stereocenters. The first-order valence-electron chi connectivity index (χ1n) is 4.55. The van der Waals surface area contributed by atoms with Gasteiger partial charge in [-0.2, -0.15) is 12.7 Å². The van der Waals surface area contributed by atoms with E-state index >= 15 is 0 Å². The first-order valence-corrected chi connectivity index (χ1v) is 5.99. The summed E-state index contributed by atoms with van der Waals surface area (Å²) >= 11 is 0. The molecular formula is C8H13N3O2S. The maximum Gasteiger partial charge on any atom is 0.279 e. The molecule has 14 heavy (non-hydrogen) atoms. The van der Waals surface area contributed by atoms with Gasteiger partial charge in [-0.25, -0.2) is 4.72 Å². The predicted octanol–water partition coefficient (Wildman–Crippen LogP) is -0.293. The Labute approximate surface area is 83.3 Å². The number of nitrogens with one attached hydrogen (secondary N) is 2. The van der Waals surface area contributed by atoms with Gasteiger partial charge >= 0.3 is 0 Å². The minimum absolute atomic E-state index is 0.455. The van der Waals surface area contributed by atoms with Gasteiger partial charge in [0.25, 0.3) is 10.2 Å². The molecule has 1 aromatic rings. The van der Waals surface area contributed by atoms with Crippen molar-refractivity contribution in [2.45, 2.75) is 6.42 Å². The summed E-state index contributed by atoms with van der Waals surface area (Å²) in [5.41, 5.74) is 1.11. The molecule has 6 heteroatoms. The van der Waals surface area contributed by atoms with Gasteiger partial charge in [-0.15, -0.1) is 0 Å². The zero-order valence-corrected chi connectivity index (χ0v) is 8.55. The van der Waals surface area contributed by atoms with Crippen LogP contribution in [0.4, 0.5) is 0 Å². The molecule has 0 saturated carbocycles. The lowest BCUT2D eigenvalue weighted by atomic mass is 10.2. The Hall–Kier alpha value is -0.850. The van der Waals surface area contributed by atoms with E-state index in [2.05, 4.69) is 9.71 Å². The molecule has 0 bridgehead atoms. The highest BCUT2D eigenvalue weighted by molar-refractivity contribution is 7.87. The Balaban J connectivity index is 1.78. The quantitative estimate of drug-likeness (QED) is 0.663. The van der Waals surface area contributed by atoms with Crippen molar-refractivity contribution in [3.8, 4) is 0 Å². The highest BCUT2D eigenvalue weighted by Gasteiger charge is 2.30. The number of hydrogen-bond donors (Lipinski definition) is 2. The molecule has 2 N–H and O–H groups in total. The van der Waals surface area contributed by atoms with Gasteiger partial charge in [-0.1, -0.05) is 0 Å². The summed E-state index contributed by atoms with van der Waals surface area (Å²) in [5.74, 6) is 0. The van der Waals surface area contributed by atoms with E-state index in [1.165, 1.54) is 4.31 Å². The summed E-state index contributed by atoms with van der Waals surface area (Å²) in [6, 6.07) is 1.94. The van der Waals surface area contributed by atoms with E-state index in [-0.39, 0.29) is 0 Å². The molecule has 1 aromatic heterocycles. The molecule has 1 aliphatic rings. The summed E-state index contributed by atoms with van der Waals surface area (Å²) in [6.07, 6.45) is 4.41. The Morgan fingerprint density at radius 2 is 2.29 bits per heavy atom. The number of aromatic amines is 1. The average Bonchev–Trinajstić information content (AvgIpc) is 2.87. The normalized spacial score (nSPS) is 17.1. The Bertz CT molecular complexity index is 381. The van der Waals surface area contributed by atoms with Crippen molar-refractivity contribution in [3.05, 3.63) is 24.0 Å². The lowest BCUT2D eigenvalue weighted by Crippen LogP contribution is -2.31. The molecule has 1 aliphatic heterocycles. The maximum absolute atomic E-state index is 11.3. The number of rotatable bonds is 5. The SMILES string of the molecule is O=S(=O)(NCCc1cc[nH]c1)N1CC1. The monoisotopic (exact) mass is 215 g/mol. The van der Waals surface area contributed by atoms with Crippen LogP contribution in [0.15, 0.2) is 18.5 Å². The van der Waals surface area contributed by atoms with Crippen molar-refractivity contribution in [1.29, 1.82) is 0 Å². The molecule has 0 amide bonds. The van der Waals surface area contributed by atoms with Gasteiger partial charge in [0.05, 0.1) is 0 Å². The molecule has 0 unspecified atom stereocenters. The van der Waals surface area contributed by atoms with E-state index < -0.39 is 10.2 Å². The zero-order valence-electron chi connectivity index (χ0n) is 7.73. The van der Waals surface area contributed by atoms with Crippen molar-refractivity contribution in [1.82, 2.24) is 14.0 Å². The Kier molecular flexibility index (Phi) is 2.58. The number of nitrogens with zero attached hydrogens (tertiary/aromatic N) is 1. The highest BCUT2D eigenvalue weighted by atomic mass is 32.2. The number of aromatic nitrogens is 1. The van der Waals surface area contributed by atoms with E-state index in [0.717, 1.165) is 12.0 Å². The molecule has 2 rings (SSSR count). The third-order valence-electron chi connectivity index (χ3n) is 2.11. The molecule has 0 aliphatic carbocycles. The Morgan fingerprint density at radius 1 is 1.50 bits per heavy atom. The fraction of sp³-hybridized carbons (Fsp3) is 0.500. The van der Waals surface area contributed by atoms with Gasteiger partial charge in [-0.3, -0.25) is 0 Å². The largest absolute Gasteiger partial charge is 0.367 e. The third-order valence-corrected chi connectivity index (χ3v) is 3.72. The fourth-order valence-corrected chi connectivity index (χ4v) is 2.32. The van der Waals surface area contributed by atoms with Crippen LogP contribution in [0.2, 0.25) is 0 Å².